The summed E-state index contributed by atoms with van der Waals surface area (Å²) < 4.78 is 2.23. The fourth-order valence-electron chi connectivity index (χ4n) is 4.01. The summed E-state index contributed by atoms with van der Waals surface area (Å²) in [5.41, 5.74) is 4.50. The van der Waals surface area contributed by atoms with Gasteiger partial charge in [0.2, 0.25) is 0 Å². The quantitative estimate of drug-likeness (QED) is 0.886. The lowest BCUT2D eigenvalue weighted by Crippen LogP contribution is -2.36. The van der Waals surface area contributed by atoms with E-state index in [-0.39, 0.29) is 6.04 Å². The highest BCUT2D eigenvalue weighted by Gasteiger charge is 2.23. The fraction of sp³-hybridized carbons (Fsp3) is 0.217. The zero-order valence-electron chi connectivity index (χ0n) is 15.1. The number of nitrogens with zero attached hydrogens (tertiary/aromatic N) is 1. The van der Waals surface area contributed by atoms with Crippen molar-refractivity contribution >= 4 is 29.6 Å². The molecular formula is C23H25N3. The van der Waals surface area contributed by atoms with Gasteiger partial charge in [0.1, 0.15) is 0 Å². The van der Waals surface area contributed by atoms with Crippen LogP contribution in [0.3, 0.4) is 0 Å². The highest BCUT2D eigenvalue weighted by atomic mass is 15.1. The lowest BCUT2D eigenvalue weighted by atomic mass is 10.0. The Morgan fingerprint density at radius 1 is 1.15 bits per heavy atom. The van der Waals surface area contributed by atoms with Crippen LogP contribution in [0.2, 0.25) is 0 Å². The molecule has 1 saturated heterocycles. The second-order valence-electron chi connectivity index (χ2n) is 7.11. The molecular weight excluding hydrogens is 318 g/mol. The molecule has 0 saturated carbocycles. The maximum absolute atomic E-state index is 4.40. The minimum absolute atomic E-state index is 0.155. The number of benzene rings is 1. The van der Waals surface area contributed by atoms with Crippen molar-refractivity contribution in [3.8, 4) is 0 Å². The Hall–Kier alpha value is -2.94. The normalized spacial score (nSPS) is 19.7. The van der Waals surface area contributed by atoms with Gasteiger partial charge in [-0.3, -0.25) is 0 Å². The van der Waals surface area contributed by atoms with Gasteiger partial charge >= 0.3 is 0 Å². The molecule has 132 valence electrons. The first-order valence-electron chi connectivity index (χ1n) is 9.09. The second kappa shape index (κ2) is 6.41. The van der Waals surface area contributed by atoms with Crippen molar-refractivity contribution in [3.63, 3.8) is 0 Å². The number of rotatable bonds is 4. The predicted octanol–water partition coefficient (Wildman–Crippen LogP) is 3.71. The molecule has 2 aliphatic rings. The fourth-order valence-corrected chi connectivity index (χ4v) is 4.01. The number of piperidine rings is 1. The molecule has 0 spiro atoms. The van der Waals surface area contributed by atoms with Crippen molar-refractivity contribution in [2.24, 2.45) is 0 Å². The first-order chi connectivity index (χ1) is 12.6. The molecule has 1 fully saturated rings. The molecule has 1 aliphatic carbocycles. The first kappa shape index (κ1) is 16.5. The SMILES string of the molecule is C=C1CCC(n2c(=C)c3cccc(NCC4=CC=CC4)c3c2=C)C(=C)N1. The van der Waals surface area contributed by atoms with Crippen LogP contribution in [-0.4, -0.2) is 11.1 Å². The van der Waals surface area contributed by atoms with Crippen molar-refractivity contribution in [1.82, 2.24) is 9.88 Å². The van der Waals surface area contributed by atoms with Crippen LogP contribution in [0.25, 0.3) is 23.9 Å². The maximum Gasteiger partial charge on any atom is 0.0738 e. The van der Waals surface area contributed by atoms with E-state index < -0.39 is 0 Å². The Morgan fingerprint density at radius 2 is 2.00 bits per heavy atom. The molecule has 0 bridgehead atoms. The van der Waals surface area contributed by atoms with E-state index in [1.807, 2.05) is 0 Å². The van der Waals surface area contributed by atoms with Crippen molar-refractivity contribution < 1.29 is 0 Å². The number of nitrogens with one attached hydrogen (secondary N) is 2. The van der Waals surface area contributed by atoms with E-state index >= 15 is 0 Å². The summed E-state index contributed by atoms with van der Waals surface area (Å²) >= 11 is 0. The molecule has 26 heavy (non-hydrogen) atoms. The minimum atomic E-state index is 0.155. The average molecular weight is 343 g/mol. The molecule has 2 heterocycles. The molecule has 3 heteroatoms. The Balaban J connectivity index is 1.75. The largest absolute Gasteiger partial charge is 0.381 e. The van der Waals surface area contributed by atoms with Crippen LogP contribution in [0.1, 0.15) is 25.3 Å². The van der Waals surface area contributed by atoms with Crippen LogP contribution >= 0.6 is 0 Å². The number of allylic oxidation sites excluding steroid dienone is 5. The van der Waals surface area contributed by atoms with Gasteiger partial charge in [-0.1, -0.05) is 56.7 Å². The number of aromatic nitrogens is 1. The smallest absolute Gasteiger partial charge is 0.0738 e. The summed E-state index contributed by atoms with van der Waals surface area (Å²) in [6.45, 7) is 17.8. The van der Waals surface area contributed by atoms with Gasteiger partial charge in [-0.25, -0.2) is 0 Å². The Morgan fingerprint density at radius 3 is 2.73 bits per heavy atom. The van der Waals surface area contributed by atoms with Gasteiger partial charge < -0.3 is 15.2 Å². The highest BCUT2D eigenvalue weighted by molar-refractivity contribution is 5.94. The summed E-state index contributed by atoms with van der Waals surface area (Å²) in [5.74, 6) is 0. The van der Waals surface area contributed by atoms with Crippen LogP contribution in [0.15, 0.2) is 66.6 Å². The van der Waals surface area contributed by atoms with Crippen molar-refractivity contribution in [2.45, 2.75) is 25.3 Å². The minimum Gasteiger partial charge on any atom is -0.381 e. The molecule has 0 radical (unpaired) electrons. The topological polar surface area (TPSA) is 29.0 Å². The monoisotopic (exact) mass is 343 g/mol. The lowest BCUT2D eigenvalue weighted by Gasteiger charge is -2.29. The zero-order chi connectivity index (χ0) is 18.3. The lowest BCUT2D eigenvalue weighted by molar-refractivity contribution is 0.458. The first-order valence-corrected chi connectivity index (χ1v) is 9.09. The van der Waals surface area contributed by atoms with E-state index in [4.69, 9.17) is 0 Å². The molecule has 1 aromatic carbocycles. The Labute approximate surface area is 154 Å². The Kier molecular flexibility index (Phi) is 4.08. The number of fused-ring (bicyclic) bond motifs is 1. The zero-order valence-corrected chi connectivity index (χ0v) is 15.1. The van der Waals surface area contributed by atoms with Crippen LogP contribution in [0, 0.1) is 0 Å². The molecule has 2 N–H and O–H groups in total. The van der Waals surface area contributed by atoms with E-state index in [0.717, 1.165) is 64.4 Å². The van der Waals surface area contributed by atoms with E-state index in [1.54, 1.807) is 0 Å². The third kappa shape index (κ3) is 2.70. The van der Waals surface area contributed by atoms with Crippen LogP contribution < -0.4 is 21.3 Å². The molecule has 2 aromatic rings. The molecule has 1 unspecified atom stereocenters. The summed E-state index contributed by atoms with van der Waals surface area (Å²) in [4.78, 5) is 0. The van der Waals surface area contributed by atoms with Crippen LogP contribution in [-0.2, 0) is 0 Å². The molecule has 0 amide bonds. The highest BCUT2D eigenvalue weighted by Crippen LogP contribution is 2.28. The van der Waals surface area contributed by atoms with Gasteiger partial charge in [0, 0.05) is 45.1 Å². The van der Waals surface area contributed by atoms with Gasteiger partial charge in [0.05, 0.1) is 6.04 Å². The third-order valence-corrected chi connectivity index (χ3v) is 5.37. The summed E-state index contributed by atoms with van der Waals surface area (Å²) in [6.07, 6.45) is 9.41. The van der Waals surface area contributed by atoms with Gasteiger partial charge in [0.15, 0.2) is 0 Å². The summed E-state index contributed by atoms with van der Waals surface area (Å²) in [6, 6.07) is 6.49. The van der Waals surface area contributed by atoms with Gasteiger partial charge in [-0.05, 0) is 30.9 Å². The van der Waals surface area contributed by atoms with E-state index in [0.29, 0.717) is 0 Å². The number of anilines is 1. The van der Waals surface area contributed by atoms with Crippen molar-refractivity contribution in [3.05, 3.63) is 77.3 Å². The number of hydrogen-bond acceptors (Lipinski definition) is 2. The molecule has 1 atom stereocenters. The molecule has 3 nitrogen and oxygen atoms in total. The van der Waals surface area contributed by atoms with E-state index in [2.05, 4.69) is 77.9 Å². The average Bonchev–Trinajstić information content (AvgIpc) is 3.22. The summed E-state index contributed by atoms with van der Waals surface area (Å²) in [7, 11) is 0. The van der Waals surface area contributed by atoms with Crippen LogP contribution in [0.5, 0.6) is 0 Å². The van der Waals surface area contributed by atoms with Crippen LogP contribution in [0.4, 0.5) is 5.69 Å². The van der Waals surface area contributed by atoms with E-state index in [9.17, 15) is 0 Å². The Bertz CT molecular complexity index is 1070. The van der Waals surface area contributed by atoms with Gasteiger partial charge in [0.25, 0.3) is 0 Å². The molecule has 1 aliphatic heterocycles. The van der Waals surface area contributed by atoms with Crippen molar-refractivity contribution in [1.29, 1.82) is 0 Å². The number of hydrogen-bond donors (Lipinski definition) is 2. The van der Waals surface area contributed by atoms with Gasteiger partial charge in [-0.2, -0.15) is 0 Å². The summed E-state index contributed by atoms with van der Waals surface area (Å²) in [5, 5.41) is 11.2. The predicted molar refractivity (Wildman–Crippen MR) is 112 cm³/mol. The second-order valence-corrected chi connectivity index (χ2v) is 7.11. The standard InChI is InChI=1S/C23H25N3/c1-15-12-13-22(16(2)25-15)26-17(3)20-10-7-11-21(23(20)18(26)4)24-14-19-8-5-6-9-19/h5-8,10-11,22,24-25H,1-4,9,12-14H2. The van der Waals surface area contributed by atoms with E-state index in [1.165, 1.54) is 5.57 Å². The molecule has 1 aromatic heterocycles. The van der Waals surface area contributed by atoms with Gasteiger partial charge in [-0.15, -0.1) is 0 Å². The maximum atomic E-state index is 4.40. The van der Waals surface area contributed by atoms with Crippen molar-refractivity contribution in [2.75, 3.05) is 11.9 Å². The molecule has 4 rings (SSSR count). The third-order valence-electron chi connectivity index (χ3n) is 5.37.